The molecule has 6 rings (SSSR count). The summed E-state index contributed by atoms with van der Waals surface area (Å²) >= 11 is 22.4. The lowest BCUT2D eigenvalue weighted by Gasteiger charge is -2.12. The van der Waals surface area contributed by atoms with Gasteiger partial charge in [-0.1, -0.05) is 62.9 Å². The van der Waals surface area contributed by atoms with Gasteiger partial charge in [0, 0.05) is 25.8 Å². The average Bonchev–Trinajstić information content (AvgIpc) is 3.39. The highest BCUT2D eigenvalue weighted by Gasteiger charge is 2.51. The molecule has 36 heavy (non-hydrogen) atoms. The Kier molecular flexibility index (Phi) is 5.96. The maximum atomic E-state index is 6.60. The van der Waals surface area contributed by atoms with E-state index in [2.05, 4.69) is 26.1 Å². The van der Waals surface area contributed by atoms with Crippen molar-refractivity contribution in [1.29, 1.82) is 0 Å². The van der Waals surface area contributed by atoms with Gasteiger partial charge < -0.3 is 4.42 Å². The van der Waals surface area contributed by atoms with Crippen LogP contribution in [0.5, 0.6) is 0 Å². The topological polar surface area (TPSA) is 56.7 Å². The third-order valence-corrected chi connectivity index (χ3v) is 7.88. The van der Waals surface area contributed by atoms with E-state index in [4.69, 9.17) is 44.2 Å². The first-order valence-corrected chi connectivity index (χ1v) is 13.2. The lowest BCUT2D eigenvalue weighted by atomic mass is 9.96. The van der Waals surface area contributed by atoms with Crippen molar-refractivity contribution < 1.29 is 4.42 Å². The predicted octanol–water partition coefficient (Wildman–Crippen LogP) is 8.70. The summed E-state index contributed by atoms with van der Waals surface area (Å²) in [5.74, 6) is 1.61. The molecule has 180 valence electrons. The second-order valence-corrected chi connectivity index (χ2v) is 11.0. The Bertz CT molecular complexity index is 1590. The van der Waals surface area contributed by atoms with Gasteiger partial charge in [0.1, 0.15) is 11.5 Å². The van der Waals surface area contributed by atoms with Crippen molar-refractivity contribution in [2.45, 2.75) is 25.2 Å². The van der Waals surface area contributed by atoms with E-state index in [-0.39, 0.29) is 5.41 Å². The molecule has 0 bridgehead atoms. The van der Waals surface area contributed by atoms with Gasteiger partial charge in [0.05, 0.1) is 16.1 Å². The largest absolute Gasteiger partial charge is 0.418 e. The monoisotopic (exact) mass is 598 g/mol. The van der Waals surface area contributed by atoms with E-state index in [1.54, 1.807) is 12.1 Å². The van der Waals surface area contributed by atoms with Crippen LogP contribution in [0.4, 0.5) is 0 Å². The van der Waals surface area contributed by atoms with E-state index in [1.807, 2.05) is 66.1 Å². The number of aromatic nitrogens is 4. The molecule has 2 aromatic heterocycles. The van der Waals surface area contributed by atoms with Gasteiger partial charge in [-0.3, -0.25) is 4.57 Å². The molecule has 0 amide bonds. The molecule has 0 radical (unpaired) electrons. The smallest absolute Gasteiger partial charge is 0.268 e. The minimum atomic E-state index is -0.277. The van der Waals surface area contributed by atoms with Crippen LogP contribution in [0.3, 0.4) is 0 Å². The van der Waals surface area contributed by atoms with Crippen LogP contribution >= 0.6 is 50.7 Å². The molecular weight excluding hydrogens is 583 g/mol. The molecule has 1 fully saturated rings. The van der Waals surface area contributed by atoms with Crippen LogP contribution in [0.15, 0.2) is 75.6 Å². The third-order valence-electron chi connectivity index (χ3n) is 6.55. The Morgan fingerprint density at radius 2 is 1.58 bits per heavy atom. The molecule has 5 aromatic rings. The molecule has 1 aliphatic carbocycles. The van der Waals surface area contributed by atoms with Gasteiger partial charge in [-0.25, -0.2) is 4.98 Å². The molecular formula is C27H18BrCl3N4O. The van der Waals surface area contributed by atoms with Crippen LogP contribution in [0.25, 0.3) is 28.7 Å². The quantitative estimate of drug-likeness (QED) is 0.203. The highest BCUT2D eigenvalue weighted by atomic mass is 79.9. The Hall–Kier alpha value is -2.64. The van der Waals surface area contributed by atoms with Gasteiger partial charge in [-0.15, -0.1) is 10.2 Å². The molecule has 1 aliphatic rings. The highest BCUT2D eigenvalue weighted by molar-refractivity contribution is 9.10. The van der Waals surface area contributed by atoms with Crippen molar-refractivity contribution in [2.24, 2.45) is 0 Å². The molecule has 9 heteroatoms. The summed E-state index contributed by atoms with van der Waals surface area (Å²) in [6.07, 6.45) is 1.88. The zero-order valence-electron chi connectivity index (χ0n) is 19.0. The van der Waals surface area contributed by atoms with E-state index < -0.39 is 0 Å². The molecule has 0 unspecified atom stereocenters. The molecule has 1 saturated carbocycles. The number of benzene rings is 3. The van der Waals surface area contributed by atoms with E-state index in [0.717, 1.165) is 39.8 Å². The molecule has 0 N–H and O–H groups in total. The zero-order chi connectivity index (χ0) is 25.0. The normalized spacial score (nSPS) is 14.2. The maximum Gasteiger partial charge on any atom is 0.268 e. The Balaban J connectivity index is 1.48. The summed E-state index contributed by atoms with van der Waals surface area (Å²) < 4.78 is 9.29. The lowest BCUT2D eigenvalue weighted by Crippen LogP contribution is -2.08. The van der Waals surface area contributed by atoms with Crippen molar-refractivity contribution in [2.75, 3.05) is 0 Å². The minimum absolute atomic E-state index is 0.277. The number of rotatable bonds is 5. The third kappa shape index (κ3) is 4.06. The van der Waals surface area contributed by atoms with Crippen LogP contribution in [-0.2, 0) is 5.41 Å². The van der Waals surface area contributed by atoms with Gasteiger partial charge in [-0.2, -0.15) is 0 Å². The second kappa shape index (κ2) is 9.03. The number of halogens is 4. The second-order valence-electron chi connectivity index (χ2n) is 8.81. The first-order chi connectivity index (χ1) is 17.4. The number of hydrogen-bond donors (Lipinski definition) is 0. The molecule has 2 heterocycles. The van der Waals surface area contributed by atoms with Crippen molar-refractivity contribution >= 4 is 50.7 Å². The molecule has 5 nitrogen and oxygen atoms in total. The fourth-order valence-electron chi connectivity index (χ4n) is 4.49. The summed E-state index contributed by atoms with van der Waals surface area (Å²) in [7, 11) is 0. The zero-order valence-corrected chi connectivity index (χ0v) is 22.8. The van der Waals surface area contributed by atoms with Gasteiger partial charge in [0.25, 0.3) is 5.89 Å². The molecule has 0 saturated heterocycles. The summed E-state index contributed by atoms with van der Waals surface area (Å²) in [4.78, 5) is 4.95. The fourth-order valence-corrected chi connectivity index (χ4v) is 5.38. The van der Waals surface area contributed by atoms with E-state index >= 15 is 0 Å². The minimum Gasteiger partial charge on any atom is -0.418 e. The summed E-state index contributed by atoms with van der Waals surface area (Å²) in [5.41, 5.74) is 3.97. The van der Waals surface area contributed by atoms with Gasteiger partial charge >= 0.3 is 0 Å². The Morgan fingerprint density at radius 3 is 2.25 bits per heavy atom. The molecule has 0 spiro atoms. The molecule has 0 atom stereocenters. The van der Waals surface area contributed by atoms with Crippen molar-refractivity contribution in [3.63, 3.8) is 0 Å². The van der Waals surface area contributed by atoms with Crippen LogP contribution in [0.1, 0.15) is 30.0 Å². The fraction of sp³-hybridized carbons (Fsp3) is 0.148. The maximum absolute atomic E-state index is 6.60. The average molecular weight is 601 g/mol. The predicted molar refractivity (Wildman–Crippen MR) is 146 cm³/mol. The van der Waals surface area contributed by atoms with Gasteiger partial charge in [0.2, 0.25) is 5.89 Å². The first-order valence-electron chi connectivity index (χ1n) is 11.3. The summed E-state index contributed by atoms with van der Waals surface area (Å²) in [6.45, 7) is 1.98. The summed E-state index contributed by atoms with van der Waals surface area (Å²) in [6, 6.07) is 21.2. The van der Waals surface area contributed by atoms with Crippen molar-refractivity contribution in [3.8, 4) is 28.7 Å². The number of nitrogens with zero attached hydrogens (tertiary/aromatic N) is 4. The number of imidazole rings is 1. The van der Waals surface area contributed by atoms with Crippen LogP contribution in [-0.4, -0.2) is 19.7 Å². The Labute approximate surface area is 231 Å². The van der Waals surface area contributed by atoms with Gasteiger partial charge in [0.15, 0.2) is 0 Å². The van der Waals surface area contributed by atoms with E-state index in [1.165, 1.54) is 0 Å². The van der Waals surface area contributed by atoms with Crippen LogP contribution in [0.2, 0.25) is 15.1 Å². The van der Waals surface area contributed by atoms with Crippen LogP contribution in [0, 0.1) is 6.92 Å². The van der Waals surface area contributed by atoms with Gasteiger partial charge in [-0.05, 0) is 79.9 Å². The first kappa shape index (κ1) is 23.7. The van der Waals surface area contributed by atoms with Crippen molar-refractivity contribution in [1.82, 2.24) is 19.7 Å². The standard InChI is InChI=1S/C27H18BrCl3N4O/c1-15-23(25-33-34-26(36-25)27(12-13-27)16-2-6-18(29)7-3-16)32-24(21-11-8-19(30)14-22(21)31)35(15)20-9-4-17(28)5-10-20/h2-11,14H,12-13H2,1H3. The van der Waals surface area contributed by atoms with Crippen LogP contribution < -0.4 is 0 Å². The Morgan fingerprint density at radius 1 is 0.889 bits per heavy atom. The van der Waals surface area contributed by atoms with E-state index in [0.29, 0.717) is 38.4 Å². The molecule has 3 aromatic carbocycles. The lowest BCUT2D eigenvalue weighted by molar-refractivity contribution is 0.471. The SMILES string of the molecule is Cc1c(-c2nnc(C3(c4ccc(Cl)cc4)CC3)o2)nc(-c2ccc(Cl)cc2Cl)n1-c1ccc(Br)cc1. The van der Waals surface area contributed by atoms with Crippen molar-refractivity contribution in [3.05, 3.63) is 103 Å². The summed E-state index contributed by atoms with van der Waals surface area (Å²) in [5, 5.41) is 10.6. The highest BCUT2D eigenvalue weighted by Crippen LogP contribution is 2.53. The molecule has 0 aliphatic heterocycles. The number of hydrogen-bond acceptors (Lipinski definition) is 4. The van der Waals surface area contributed by atoms with E-state index in [9.17, 15) is 0 Å².